The molecule has 1 aliphatic rings. The Morgan fingerprint density at radius 2 is 2.12 bits per heavy atom. The highest BCUT2D eigenvalue weighted by atomic mass is 16.6. The molecule has 1 heterocycles. The summed E-state index contributed by atoms with van der Waals surface area (Å²) in [5.74, 6) is 1.59. The van der Waals surface area contributed by atoms with Crippen LogP contribution in [0.15, 0.2) is 18.2 Å². The number of hydrogen-bond acceptors (Lipinski definition) is 5. The van der Waals surface area contributed by atoms with Gasteiger partial charge in [0.05, 0.1) is 20.8 Å². The number of nitrogens with one attached hydrogen (secondary N) is 1. The number of benzene rings is 1. The monoisotopic (exact) mass is 350 g/mol. The van der Waals surface area contributed by atoms with Gasteiger partial charge in [-0.15, -0.1) is 0 Å². The molecule has 1 atom stereocenters. The van der Waals surface area contributed by atoms with Crippen LogP contribution in [0.3, 0.4) is 0 Å². The largest absolute Gasteiger partial charge is 0.497 e. The number of methoxy groups -OCH3 is 2. The highest BCUT2D eigenvalue weighted by Gasteiger charge is 2.39. The van der Waals surface area contributed by atoms with Gasteiger partial charge in [0.1, 0.15) is 11.5 Å². The fourth-order valence-corrected chi connectivity index (χ4v) is 3.37. The Labute approximate surface area is 150 Å². The van der Waals surface area contributed by atoms with Crippen LogP contribution in [0.4, 0.5) is 4.79 Å². The average Bonchev–Trinajstić information content (AvgIpc) is 3.01. The van der Waals surface area contributed by atoms with Gasteiger partial charge < -0.3 is 24.4 Å². The molecule has 2 rings (SSSR count). The fraction of sp³-hybridized carbons (Fsp3) is 0.632. The summed E-state index contributed by atoms with van der Waals surface area (Å²) in [6, 6.07) is 5.82. The Balaban J connectivity index is 1.87. The molecule has 140 valence electrons. The lowest BCUT2D eigenvalue weighted by molar-refractivity contribution is 0.0760. The second kappa shape index (κ2) is 8.94. The van der Waals surface area contributed by atoms with Crippen molar-refractivity contribution in [2.24, 2.45) is 0 Å². The highest BCUT2D eigenvalue weighted by Crippen LogP contribution is 2.32. The van der Waals surface area contributed by atoms with Crippen molar-refractivity contribution in [2.75, 3.05) is 33.9 Å². The van der Waals surface area contributed by atoms with E-state index in [0.29, 0.717) is 13.2 Å². The molecule has 0 unspecified atom stereocenters. The van der Waals surface area contributed by atoms with Gasteiger partial charge in [-0.3, -0.25) is 0 Å². The van der Waals surface area contributed by atoms with Crippen LogP contribution in [0.1, 0.15) is 38.7 Å². The number of nitrogens with zero attached hydrogens (tertiary/aromatic N) is 1. The first kappa shape index (κ1) is 19.4. The van der Waals surface area contributed by atoms with E-state index in [1.54, 1.807) is 14.2 Å². The summed E-state index contributed by atoms with van der Waals surface area (Å²) in [5, 5.41) is 3.46. The van der Waals surface area contributed by atoms with E-state index >= 15 is 0 Å². The third kappa shape index (κ3) is 4.78. The molecule has 1 N–H and O–H groups in total. The average molecular weight is 350 g/mol. The number of amides is 1. The molecule has 1 aliphatic heterocycles. The summed E-state index contributed by atoms with van der Waals surface area (Å²) < 4.78 is 15.8. The summed E-state index contributed by atoms with van der Waals surface area (Å²) >= 11 is 0. The van der Waals surface area contributed by atoms with Crippen LogP contribution >= 0.6 is 0 Å². The number of rotatable bonds is 8. The second-order valence-electron chi connectivity index (χ2n) is 6.56. The van der Waals surface area contributed by atoms with Gasteiger partial charge in [-0.05, 0) is 45.7 Å². The summed E-state index contributed by atoms with van der Waals surface area (Å²) in [6.45, 7) is 6.72. The molecule has 25 heavy (non-hydrogen) atoms. The van der Waals surface area contributed by atoms with E-state index in [2.05, 4.69) is 12.2 Å². The lowest BCUT2D eigenvalue weighted by atomic mass is 9.94. The van der Waals surface area contributed by atoms with E-state index in [-0.39, 0.29) is 11.6 Å². The van der Waals surface area contributed by atoms with Gasteiger partial charge >= 0.3 is 6.09 Å². The lowest BCUT2D eigenvalue weighted by Gasteiger charge is -2.34. The van der Waals surface area contributed by atoms with Gasteiger partial charge in [-0.1, -0.05) is 6.07 Å². The number of likely N-dealkylation sites (tertiary alicyclic amines) is 1. The minimum atomic E-state index is -0.195. The van der Waals surface area contributed by atoms with Crippen molar-refractivity contribution in [3.8, 4) is 11.5 Å². The van der Waals surface area contributed by atoms with Crippen LogP contribution in [-0.2, 0) is 11.3 Å². The molecule has 1 fully saturated rings. The lowest BCUT2D eigenvalue weighted by Crippen LogP contribution is -2.46. The summed E-state index contributed by atoms with van der Waals surface area (Å²) in [5.41, 5.74) is 0.950. The normalized spacial score (nSPS) is 19.8. The Morgan fingerprint density at radius 3 is 2.80 bits per heavy atom. The summed E-state index contributed by atoms with van der Waals surface area (Å²) in [4.78, 5) is 14.0. The number of carbonyl (C=O) groups excluding carboxylic acids is 1. The Hall–Kier alpha value is -1.95. The van der Waals surface area contributed by atoms with Crippen molar-refractivity contribution in [1.82, 2.24) is 10.2 Å². The molecule has 0 aliphatic carbocycles. The van der Waals surface area contributed by atoms with E-state index in [9.17, 15) is 4.79 Å². The predicted octanol–water partition coefficient (Wildman–Crippen LogP) is 3.19. The molecule has 6 heteroatoms. The van der Waals surface area contributed by atoms with Gasteiger partial charge in [-0.2, -0.15) is 0 Å². The highest BCUT2D eigenvalue weighted by molar-refractivity contribution is 5.69. The molecule has 6 nitrogen and oxygen atoms in total. The van der Waals surface area contributed by atoms with Crippen LogP contribution in [0.5, 0.6) is 11.5 Å². The predicted molar refractivity (Wildman–Crippen MR) is 97.2 cm³/mol. The van der Waals surface area contributed by atoms with E-state index in [1.807, 2.05) is 30.0 Å². The van der Waals surface area contributed by atoms with Crippen molar-refractivity contribution >= 4 is 6.09 Å². The molecule has 1 aromatic rings. The van der Waals surface area contributed by atoms with Crippen molar-refractivity contribution < 1.29 is 19.0 Å². The topological polar surface area (TPSA) is 60.0 Å². The first-order valence-corrected chi connectivity index (χ1v) is 8.90. The maximum atomic E-state index is 12.1. The van der Waals surface area contributed by atoms with E-state index in [4.69, 9.17) is 14.2 Å². The third-order valence-electron chi connectivity index (χ3n) is 4.89. The van der Waals surface area contributed by atoms with Crippen LogP contribution in [-0.4, -0.2) is 50.4 Å². The number of carbonyl (C=O) groups is 1. The van der Waals surface area contributed by atoms with E-state index in [1.165, 1.54) is 0 Å². The van der Waals surface area contributed by atoms with Crippen LogP contribution in [0.25, 0.3) is 0 Å². The van der Waals surface area contributed by atoms with Crippen LogP contribution in [0, 0.1) is 0 Å². The molecule has 0 spiro atoms. The Bertz CT molecular complexity index is 579. The Morgan fingerprint density at radius 1 is 1.32 bits per heavy atom. The molecule has 1 amide bonds. The first-order chi connectivity index (χ1) is 12.0. The second-order valence-corrected chi connectivity index (χ2v) is 6.56. The van der Waals surface area contributed by atoms with Gasteiger partial charge in [0.25, 0.3) is 0 Å². The van der Waals surface area contributed by atoms with E-state index in [0.717, 1.165) is 49.4 Å². The maximum Gasteiger partial charge on any atom is 0.410 e. The summed E-state index contributed by atoms with van der Waals surface area (Å²) in [7, 11) is 3.30. The molecule has 0 saturated carbocycles. The zero-order chi connectivity index (χ0) is 18.3. The standard InChI is InChI=1S/C19H30N2O4/c1-5-25-18(22)21-12-6-9-19(21,2)10-11-20-14-15-7-8-16(23-3)13-17(15)24-4/h7-8,13,20H,5-6,9-12,14H2,1-4H3/t19-/m0/s1. The molecule has 1 aromatic carbocycles. The minimum absolute atomic E-state index is 0.136. The molecule has 1 saturated heterocycles. The van der Waals surface area contributed by atoms with Crippen molar-refractivity contribution in [1.29, 1.82) is 0 Å². The maximum absolute atomic E-state index is 12.1. The first-order valence-electron chi connectivity index (χ1n) is 8.90. The van der Waals surface area contributed by atoms with Crippen molar-refractivity contribution in [2.45, 2.75) is 45.2 Å². The number of ether oxygens (including phenoxy) is 3. The fourth-order valence-electron chi connectivity index (χ4n) is 3.37. The van der Waals surface area contributed by atoms with Gasteiger partial charge in [0, 0.05) is 30.3 Å². The molecule has 0 radical (unpaired) electrons. The number of hydrogen-bond donors (Lipinski definition) is 1. The zero-order valence-electron chi connectivity index (χ0n) is 15.8. The zero-order valence-corrected chi connectivity index (χ0v) is 15.8. The van der Waals surface area contributed by atoms with Crippen molar-refractivity contribution in [3.63, 3.8) is 0 Å². The SMILES string of the molecule is CCOC(=O)N1CCC[C@@]1(C)CCNCc1ccc(OC)cc1OC. The van der Waals surface area contributed by atoms with E-state index < -0.39 is 0 Å². The van der Waals surface area contributed by atoms with Gasteiger partial charge in [0.15, 0.2) is 0 Å². The summed E-state index contributed by atoms with van der Waals surface area (Å²) in [6.07, 6.45) is 2.74. The molecule has 0 aromatic heterocycles. The molecular formula is C19H30N2O4. The van der Waals surface area contributed by atoms with Gasteiger partial charge in [-0.25, -0.2) is 4.79 Å². The van der Waals surface area contributed by atoms with Crippen LogP contribution < -0.4 is 14.8 Å². The quantitative estimate of drug-likeness (QED) is 0.730. The Kier molecular flexibility index (Phi) is 6.93. The smallest absolute Gasteiger partial charge is 0.410 e. The molecular weight excluding hydrogens is 320 g/mol. The minimum Gasteiger partial charge on any atom is -0.497 e. The van der Waals surface area contributed by atoms with Crippen LogP contribution in [0.2, 0.25) is 0 Å². The third-order valence-corrected chi connectivity index (χ3v) is 4.89. The van der Waals surface area contributed by atoms with Crippen molar-refractivity contribution in [3.05, 3.63) is 23.8 Å². The van der Waals surface area contributed by atoms with Gasteiger partial charge in [0.2, 0.25) is 0 Å². The molecule has 0 bridgehead atoms.